The summed E-state index contributed by atoms with van der Waals surface area (Å²) in [6.45, 7) is 1.47. The molecule has 0 heterocycles. The molecule has 1 aliphatic rings. The van der Waals surface area contributed by atoms with Crippen molar-refractivity contribution in [3.8, 4) is 6.07 Å². The first kappa shape index (κ1) is 19.3. The topological polar surface area (TPSA) is 79.2 Å². The number of carbonyl (C=O) groups excluding carboxylic acids is 2. The number of benzene rings is 1. The Bertz CT molecular complexity index is 669. The van der Waals surface area contributed by atoms with Crippen LogP contribution in [0.4, 0.5) is 4.39 Å². The standard InChI is InChI=1S/C18H21FN2O3S/c1-13(17(23)21-18(12-20)9-5-2-6-10-18)24-16(22)11-25-15-8-4-3-7-14(15)19/h3-4,7-8,13H,2,5-6,9-11H2,1H3,(H,21,23)/t13-/m1/s1. The van der Waals surface area contributed by atoms with Gasteiger partial charge in [-0.2, -0.15) is 5.26 Å². The van der Waals surface area contributed by atoms with Gasteiger partial charge in [0.1, 0.15) is 11.4 Å². The molecule has 5 nitrogen and oxygen atoms in total. The van der Waals surface area contributed by atoms with Crippen molar-refractivity contribution in [1.29, 1.82) is 5.26 Å². The summed E-state index contributed by atoms with van der Waals surface area (Å²) in [5.41, 5.74) is -0.863. The average Bonchev–Trinajstić information content (AvgIpc) is 2.61. The molecule has 1 atom stereocenters. The first-order valence-electron chi connectivity index (χ1n) is 8.26. The fourth-order valence-electron chi connectivity index (χ4n) is 2.74. The van der Waals surface area contributed by atoms with Crippen molar-refractivity contribution in [2.75, 3.05) is 5.75 Å². The maximum Gasteiger partial charge on any atom is 0.317 e. The van der Waals surface area contributed by atoms with Crippen LogP contribution in [0.2, 0.25) is 0 Å². The highest BCUT2D eigenvalue weighted by atomic mass is 32.2. The summed E-state index contributed by atoms with van der Waals surface area (Å²) in [6.07, 6.45) is 3.05. The maximum atomic E-state index is 13.5. The van der Waals surface area contributed by atoms with Gasteiger partial charge in [-0.15, -0.1) is 11.8 Å². The predicted octanol–water partition coefficient (Wildman–Crippen LogP) is 3.19. The van der Waals surface area contributed by atoms with Crippen LogP contribution >= 0.6 is 11.8 Å². The first-order valence-corrected chi connectivity index (χ1v) is 9.24. The number of ether oxygens (including phenoxy) is 1. The normalized spacial score (nSPS) is 17.2. The summed E-state index contributed by atoms with van der Waals surface area (Å²) in [4.78, 5) is 24.5. The molecule has 1 amide bonds. The third kappa shape index (κ3) is 5.46. The second-order valence-corrected chi connectivity index (χ2v) is 7.11. The lowest BCUT2D eigenvalue weighted by atomic mass is 9.83. The molecule has 0 aromatic heterocycles. The smallest absolute Gasteiger partial charge is 0.317 e. The Morgan fingerprint density at radius 3 is 2.68 bits per heavy atom. The van der Waals surface area contributed by atoms with Crippen molar-refractivity contribution in [2.45, 2.75) is 55.6 Å². The quantitative estimate of drug-likeness (QED) is 0.619. The van der Waals surface area contributed by atoms with Crippen molar-refractivity contribution >= 4 is 23.6 Å². The summed E-state index contributed by atoms with van der Waals surface area (Å²) in [5, 5.41) is 12.1. The first-order chi connectivity index (χ1) is 12.0. The number of nitriles is 1. The number of rotatable bonds is 6. The Kier molecular flexibility index (Phi) is 6.82. The van der Waals surface area contributed by atoms with Gasteiger partial charge in [-0.1, -0.05) is 31.4 Å². The summed E-state index contributed by atoms with van der Waals surface area (Å²) >= 11 is 1.01. The average molecular weight is 364 g/mol. The molecule has 0 spiro atoms. The minimum atomic E-state index is -0.999. The lowest BCUT2D eigenvalue weighted by Crippen LogP contribution is -2.52. The van der Waals surface area contributed by atoms with Crippen LogP contribution in [-0.4, -0.2) is 29.3 Å². The lowest BCUT2D eigenvalue weighted by molar-refractivity contribution is -0.152. The van der Waals surface area contributed by atoms with Gasteiger partial charge in [0.25, 0.3) is 5.91 Å². The van der Waals surface area contributed by atoms with E-state index in [0.717, 1.165) is 31.0 Å². The zero-order valence-corrected chi connectivity index (χ0v) is 14.9. The van der Waals surface area contributed by atoms with Crippen LogP contribution in [0, 0.1) is 17.1 Å². The maximum absolute atomic E-state index is 13.5. The molecule has 134 valence electrons. The highest BCUT2D eigenvalue weighted by Crippen LogP contribution is 2.27. The molecule has 25 heavy (non-hydrogen) atoms. The van der Waals surface area contributed by atoms with Gasteiger partial charge in [-0.05, 0) is 31.9 Å². The zero-order chi connectivity index (χ0) is 18.3. The highest BCUT2D eigenvalue weighted by Gasteiger charge is 2.35. The summed E-state index contributed by atoms with van der Waals surface area (Å²) < 4.78 is 18.6. The van der Waals surface area contributed by atoms with Crippen molar-refractivity contribution in [3.63, 3.8) is 0 Å². The fraction of sp³-hybridized carbons (Fsp3) is 0.500. The summed E-state index contributed by atoms with van der Waals surface area (Å²) in [5.74, 6) is -1.58. The summed E-state index contributed by atoms with van der Waals surface area (Å²) in [6, 6.07) is 8.33. The van der Waals surface area contributed by atoms with E-state index in [1.54, 1.807) is 18.2 Å². The second-order valence-electron chi connectivity index (χ2n) is 6.10. The van der Waals surface area contributed by atoms with Crippen molar-refractivity contribution in [1.82, 2.24) is 5.32 Å². The molecule has 0 radical (unpaired) electrons. The molecule has 1 N–H and O–H groups in total. The third-order valence-electron chi connectivity index (χ3n) is 4.14. The number of nitrogens with zero attached hydrogens (tertiary/aromatic N) is 1. The van der Waals surface area contributed by atoms with Gasteiger partial charge in [0.2, 0.25) is 0 Å². The number of halogens is 1. The van der Waals surface area contributed by atoms with Crippen molar-refractivity contribution in [3.05, 3.63) is 30.1 Å². The van der Waals surface area contributed by atoms with E-state index >= 15 is 0 Å². The number of thioether (sulfide) groups is 1. The number of amides is 1. The largest absolute Gasteiger partial charge is 0.452 e. The molecule has 0 unspecified atom stereocenters. The predicted molar refractivity (Wildman–Crippen MR) is 92.2 cm³/mol. The monoisotopic (exact) mass is 364 g/mol. The molecule has 0 aliphatic heterocycles. The van der Waals surface area contributed by atoms with Crippen LogP contribution in [0.15, 0.2) is 29.2 Å². The fourth-order valence-corrected chi connectivity index (χ4v) is 3.46. The van der Waals surface area contributed by atoms with Gasteiger partial charge in [0, 0.05) is 4.90 Å². The van der Waals surface area contributed by atoms with E-state index in [0.29, 0.717) is 17.7 Å². The Morgan fingerprint density at radius 2 is 2.04 bits per heavy atom. The van der Waals surface area contributed by atoms with E-state index in [4.69, 9.17) is 4.74 Å². The van der Waals surface area contributed by atoms with Crippen molar-refractivity contribution in [2.24, 2.45) is 0 Å². The van der Waals surface area contributed by atoms with E-state index in [-0.39, 0.29) is 5.75 Å². The molecule has 7 heteroatoms. The van der Waals surface area contributed by atoms with Gasteiger partial charge >= 0.3 is 5.97 Å². The number of hydrogen-bond donors (Lipinski definition) is 1. The minimum Gasteiger partial charge on any atom is -0.452 e. The van der Waals surface area contributed by atoms with E-state index in [1.165, 1.54) is 13.0 Å². The van der Waals surface area contributed by atoms with Gasteiger partial charge in [-0.25, -0.2) is 4.39 Å². The molecular formula is C18H21FN2O3S. The molecule has 0 saturated heterocycles. The van der Waals surface area contributed by atoms with Gasteiger partial charge < -0.3 is 10.1 Å². The van der Waals surface area contributed by atoms with Gasteiger partial charge in [0.05, 0.1) is 11.8 Å². The number of nitrogens with one attached hydrogen (secondary N) is 1. The molecular weight excluding hydrogens is 343 g/mol. The lowest BCUT2D eigenvalue weighted by Gasteiger charge is -2.32. The van der Waals surface area contributed by atoms with Crippen LogP contribution < -0.4 is 5.32 Å². The Balaban J connectivity index is 1.83. The van der Waals surface area contributed by atoms with Crippen LogP contribution in [0.25, 0.3) is 0 Å². The van der Waals surface area contributed by atoms with E-state index in [9.17, 15) is 19.2 Å². The molecule has 1 saturated carbocycles. The molecule has 1 aliphatic carbocycles. The number of carbonyl (C=O) groups is 2. The Morgan fingerprint density at radius 1 is 1.36 bits per heavy atom. The minimum absolute atomic E-state index is 0.0953. The molecule has 1 fully saturated rings. The summed E-state index contributed by atoms with van der Waals surface area (Å²) in [7, 11) is 0. The molecule has 0 bridgehead atoms. The van der Waals surface area contributed by atoms with Crippen LogP contribution in [0.5, 0.6) is 0 Å². The van der Waals surface area contributed by atoms with E-state index < -0.39 is 29.3 Å². The third-order valence-corrected chi connectivity index (χ3v) is 5.17. The Hall–Kier alpha value is -2.07. The van der Waals surface area contributed by atoms with Gasteiger partial charge in [-0.3, -0.25) is 9.59 Å². The number of hydrogen-bond acceptors (Lipinski definition) is 5. The van der Waals surface area contributed by atoms with E-state index in [2.05, 4.69) is 11.4 Å². The molecule has 1 aromatic carbocycles. The van der Waals surface area contributed by atoms with Crippen LogP contribution in [0.3, 0.4) is 0 Å². The number of esters is 1. The molecule has 1 aromatic rings. The molecule has 2 rings (SSSR count). The van der Waals surface area contributed by atoms with E-state index in [1.807, 2.05) is 0 Å². The second kappa shape index (κ2) is 8.86. The van der Waals surface area contributed by atoms with Crippen LogP contribution in [-0.2, 0) is 14.3 Å². The zero-order valence-electron chi connectivity index (χ0n) is 14.1. The van der Waals surface area contributed by atoms with Crippen molar-refractivity contribution < 1.29 is 18.7 Å². The van der Waals surface area contributed by atoms with Crippen LogP contribution in [0.1, 0.15) is 39.0 Å². The highest BCUT2D eigenvalue weighted by molar-refractivity contribution is 8.00. The van der Waals surface area contributed by atoms with Gasteiger partial charge in [0.15, 0.2) is 6.10 Å². The SMILES string of the molecule is C[C@@H](OC(=O)CSc1ccccc1F)C(=O)NC1(C#N)CCCCC1. The Labute approximate surface area is 150 Å².